The fraction of sp³-hybridized carbons (Fsp3) is 0.583. The van der Waals surface area contributed by atoms with Gasteiger partial charge in [0.15, 0.2) is 5.03 Å². The van der Waals surface area contributed by atoms with E-state index in [2.05, 4.69) is 16.8 Å². The van der Waals surface area contributed by atoms with Crippen LogP contribution in [0, 0.1) is 0 Å². The monoisotopic (exact) mass is 284 g/mol. The standard InChI is InChI=1S/C12H20N4O2S/c1-2-6-15-7-9-16(10-8-15)19(17,18)12-11(13)4-3-5-14-12/h3-5H,2,6-10,13H2,1H3. The summed E-state index contributed by atoms with van der Waals surface area (Å²) in [5.41, 5.74) is 5.92. The van der Waals surface area contributed by atoms with Crippen LogP contribution in [0.1, 0.15) is 13.3 Å². The first-order valence-corrected chi connectivity index (χ1v) is 7.92. The SMILES string of the molecule is CCCN1CCN(S(=O)(=O)c2ncccc2N)CC1. The zero-order chi connectivity index (χ0) is 13.9. The maximum absolute atomic E-state index is 12.4. The van der Waals surface area contributed by atoms with Crippen molar-refractivity contribution >= 4 is 15.7 Å². The molecule has 1 aliphatic rings. The second-order valence-corrected chi connectivity index (χ2v) is 6.50. The van der Waals surface area contributed by atoms with E-state index < -0.39 is 10.0 Å². The lowest BCUT2D eigenvalue weighted by Crippen LogP contribution is -2.48. The van der Waals surface area contributed by atoms with Crippen molar-refractivity contribution in [1.29, 1.82) is 0 Å². The third kappa shape index (κ3) is 3.05. The van der Waals surface area contributed by atoms with Crippen LogP contribution in [0.3, 0.4) is 0 Å². The molecule has 6 nitrogen and oxygen atoms in total. The van der Waals surface area contributed by atoms with Crippen LogP contribution in [0.4, 0.5) is 5.69 Å². The smallest absolute Gasteiger partial charge is 0.262 e. The molecule has 0 aromatic carbocycles. The second kappa shape index (κ2) is 5.85. The quantitative estimate of drug-likeness (QED) is 0.864. The minimum absolute atomic E-state index is 0.0288. The molecule has 106 valence electrons. The highest BCUT2D eigenvalue weighted by Crippen LogP contribution is 2.20. The number of nitrogens with two attached hydrogens (primary N) is 1. The van der Waals surface area contributed by atoms with E-state index in [1.807, 2.05) is 0 Å². The number of nitrogen functional groups attached to an aromatic ring is 1. The molecule has 0 atom stereocenters. The summed E-state index contributed by atoms with van der Waals surface area (Å²) >= 11 is 0. The molecule has 19 heavy (non-hydrogen) atoms. The molecule has 7 heteroatoms. The second-order valence-electron chi connectivity index (χ2n) is 4.64. The van der Waals surface area contributed by atoms with Gasteiger partial charge in [-0.3, -0.25) is 0 Å². The van der Waals surface area contributed by atoms with Crippen molar-refractivity contribution in [2.45, 2.75) is 18.4 Å². The molecule has 0 amide bonds. The molecule has 0 aliphatic carbocycles. The Morgan fingerprint density at radius 3 is 2.58 bits per heavy atom. The van der Waals surface area contributed by atoms with Gasteiger partial charge in [0, 0.05) is 32.4 Å². The van der Waals surface area contributed by atoms with Crippen LogP contribution in [0.25, 0.3) is 0 Å². The van der Waals surface area contributed by atoms with Crippen molar-refractivity contribution in [2.75, 3.05) is 38.5 Å². The molecule has 0 bridgehead atoms. The van der Waals surface area contributed by atoms with Gasteiger partial charge in [-0.1, -0.05) is 6.92 Å². The zero-order valence-corrected chi connectivity index (χ0v) is 11.9. The highest BCUT2D eigenvalue weighted by molar-refractivity contribution is 7.89. The van der Waals surface area contributed by atoms with Crippen molar-refractivity contribution in [3.63, 3.8) is 0 Å². The average molecular weight is 284 g/mol. The number of piperazine rings is 1. The average Bonchev–Trinajstić information content (AvgIpc) is 2.40. The Labute approximate surface area is 114 Å². The zero-order valence-electron chi connectivity index (χ0n) is 11.1. The van der Waals surface area contributed by atoms with E-state index in [1.165, 1.54) is 10.5 Å². The van der Waals surface area contributed by atoms with Gasteiger partial charge in [0.2, 0.25) is 0 Å². The summed E-state index contributed by atoms with van der Waals surface area (Å²) in [5, 5.41) is -0.0288. The number of sulfonamides is 1. The maximum Gasteiger partial charge on any atom is 0.262 e. The lowest BCUT2D eigenvalue weighted by Gasteiger charge is -2.33. The number of hydrogen-bond acceptors (Lipinski definition) is 5. The summed E-state index contributed by atoms with van der Waals surface area (Å²) in [7, 11) is -3.56. The number of rotatable bonds is 4. The number of aromatic nitrogens is 1. The van der Waals surface area contributed by atoms with E-state index in [0.717, 1.165) is 26.1 Å². The van der Waals surface area contributed by atoms with Gasteiger partial charge in [-0.25, -0.2) is 13.4 Å². The minimum Gasteiger partial charge on any atom is -0.396 e. The van der Waals surface area contributed by atoms with Crippen LogP contribution in [0.2, 0.25) is 0 Å². The number of nitrogens with zero attached hydrogens (tertiary/aromatic N) is 3. The molecule has 1 saturated heterocycles. The van der Waals surface area contributed by atoms with Crippen LogP contribution in [0.15, 0.2) is 23.4 Å². The Kier molecular flexibility index (Phi) is 4.38. The van der Waals surface area contributed by atoms with Crippen LogP contribution in [-0.4, -0.2) is 55.3 Å². The lowest BCUT2D eigenvalue weighted by atomic mass is 10.3. The molecule has 1 fully saturated rings. The van der Waals surface area contributed by atoms with E-state index in [4.69, 9.17) is 5.73 Å². The number of hydrogen-bond donors (Lipinski definition) is 1. The molecule has 1 aliphatic heterocycles. The minimum atomic E-state index is -3.56. The molecule has 1 aromatic rings. The molecule has 0 radical (unpaired) electrons. The first kappa shape index (κ1) is 14.2. The number of anilines is 1. The Morgan fingerprint density at radius 1 is 1.32 bits per heavy atom. The van der Waals surface area contributed by atoms with Crippen molar-refractivity contribution in [3.8, 4) is 0 Å². The van der Waals surface area contributed by atoms with Crippen molar-refractivity contribution in [2.24, 2.45) is 0 Å². The highest BCUT2D eigenvalue weighted by atomic mass is 32.2. The van der Waals surface area contributed by atoms with Gasteiger partial charge >= 0.3 is 0 Å². The first-order valence-electron chi connectivity index (χ1n) is 6.48. The maximum atomic E-state index is 12.4. The van der Waals surface area contributed by atoms with Gasteiger partial charge < -0.3 is 10.6 Å². The Balaban J connectivity index is 2.12. The van der Waals surface area contributed by atoms with E-state index in [-0.39, 0.29) is 10.7 Å². The molecule has 0 saturated carbocycles. The van der Waals surface area contributed by atoms with E-state index in [0.29, 0.717) is 13.1 Å². The third-order valence-corrected chi connectivity index (χ3v) is 5.13. The van der Waals surface area contributed by atoms with E-state index in [1.54, 1.807) is 12.1 Å². The largest absolute Gasteiger partial charge is 0.396 e. The van der Waals surface area contributed by atoms with E-state index in [9.17, 15) is 8.42 Å². The predicted molar refractivity (Wildman–Crippen MR) is 74.1 cm³/mol. The molecule has 2 N–H and O–H groups in total. The normalized spacial score (nSPS) is 18.6. The first-order chi connectivity index (χ1) is 9.05. The fourth-order valence-electron chi connectivity index (χ4n) is 2.25. The number of pyridine rings is 1. The summed E-state index contributed by atoms with van der Waals surface area (Å²) in [5.74, 6) is 0. The Bertz CT molecular complexity index is 524. The molecular formula is C12H20N4O2S. The van der Waals surface area contributed by atoms with Crippen molar-refractivity contribution < 1.29 is 8.42 Å². The Hall–Kier alpha value is -1.18. The topological polar surface area (TPSA) is 79.5 Å². The van der Waals surface area contributed by atoms with Gasteiger partial charge in [0.25, 0.3) is 10.0 Å². The molecular weight excluding hydrogens is 264 g/mol. The van der Waals surface area contributed by atoms with Gasteiger partial charge in [-0.05, 0) is 25.1 Å². The fourth-order valence-corrected chi connectivity index (χ4v) is 3.70. The molecule has 2 rings (SSSR count). The Morgan fingerprint density at radius 2 is 2.00 bits per heavy atom. The summed E-state index contributed by atoms with van der Waals surface area (Å²) in [6.45, 7) is 5.66. The van der Waals surface area contributed by atoms with Crippen LogP contribution in [0.5, 0.6) is 0 Å². The summed E-state index contributed by atoms with van der Waals surface area (Å²) < 4.78 is 26.3. The lowest BCUT2D eigenvalue weighted by molar-refractivity contribution is 0.188. The van der Waals surface area contributed by atoms with Crippen molar-refractivity contribution in [1.82, 2.24) is 14.2 Å². The van der Waals surface area contributed by atoms with Crippen molar-refractivity contribution in [3.05, 3.63) is 18.3 Å². The van der Waals surface area contributed by atoms with Gasteiger partial charge in [0.1, 0.15) is 0 Å². The van der Waals surface area contributed by atoms with Crippen LogP contribution < -0.4 is 5.73 Å². The van der Waals surface area contributed by atoms with Crippen LogP contribution >= 0.6 is 0 Å². The van der Waals surface area contributed by atoms with E-state index >= 15 is 0 Å². The molecule has 0 unspecified atom stereocenters. The highest BCUT2D eigenvalue weighted by Gasteiger charge is 2.30. The summed E-state index contributed by atoms with van der Waals surface area (Å²) in [6, 6.07) is 3.20. The predicted octanol–water partition coefficient (Wildman–Crippen LogP) is 0.380. The summed E-state index contributed by atoms with van der Waals surface area (Å²) in [4.78, 5) is 6.18. The third-order valence-electron chi connectivity index (χ3n) is 3.26. The van der Waals surface area contributed by atoms with Gasteiger partial charge in [-0.15, -0.1) is 0 Å². The summed E-state index contributed by atoms with van der Waals surface area (Å²) in [6.07, 6.45) is 2.54. The van der Waals surface area contributed by atoms with Gasteiger partial charge in [0.05, 0.1) is 5.69 Å². The van der Waals surface area contributed by atoms with Gasteiger partial charge in [-0.2, -0.15) is 4.31 Å². The molecule has 0 spiro atoms. The molecule has 2 heterocycles. The van der Waals surface area contributed by atoms with Crippen LogP contribution in [-0.2, 0) is 10.0 Å². The molecule has 1 aromatic heterocycles.